The van der Waals surface area contributed by atoms with E-state index in [4.69, 9.17) is 0 Å². The molecule has 9 heavy (non-hydrogen) atoms. The van der Waals surface area contributed by atoms with E-state index in [9.17, 15) is 4.79 Å². The zero-order valence-corrected chi connectivity index (χ0v) is 5.98. The summed E-state index contributed by atoms with van der Waals surface area (Å²) in [6.07, 6.45) is 2.88. The van der Waals surface area contributed by atoms with E-state index >= 15 is 0 Å². The van der Waals surface area contributed by atoms with E-state index in [0.717, 1.165) is 6.42 Å². The highest BCUT2D eigenvalue weighted by molar-refractivity contribution is 5.85. The number of carbonyl (C=O) groups is 1. The minimum atomic E-state index is -0.0399. The van der Waals surface area contributed by atoms with E-state index in [1.807, 2.05) is 13.0 Å². The van der Waals surface area contributed by atoms with E-state index in [-0.39, 0.29) is 5.41 Å². The molecule has 0 amide bonds. The zero-order chi connectivity index (χ0) is 7.07. The monoisotopic (exact) mass is 124 g/mol. The van der Waals surface area contributed by atoms with Gasteiger partial charge in [0.25, 0.3) is 0 Å². The maximum atomic E-state index is 10.8. The average molecular weight is 124 g/mol. The largest absolute Gasteiger partial charge is 0.299 e. The average Bonchev–Trinajstić information content (AvgIpc) is 2.44. The second kappa shape index (κ2) is 1.69. The number of allylic oxidation sites excluding steroid dienone is 1. The van der Waals surface area contributed by atoms with Crippen LogP contribution in [-0.2, 0) is 4.79 Å². The highest BCUT2D eigenvalue weighted by atomic mass is 16.1. The maximum absolute atomic E-state index is 10.8. The summed E-state index contributed by atoms with van der Waals surface area (Å²) < 4.78 is 0. The molecule has 1 nitrogen and oxygen atoms in total. The van der Waals surface area contributed by atoms with E-state index < -0.39 is 0 Å². The smallest absolute Gasteiger partial charge is 0.136 e. The molecule has 0 aromatic rings. The first-order valence-electron chi connectivity index (χ1n) is 3.25. The Labute approximate surface area is 55.8 Å². The van der Waals surface area contributed by atoms with Crippen molar-refractivity contribution >= 4 is 5.78 Å². The Morgan fingerprint density at radius 3 is 2.56 bits per heavy atom. The third-order valence-electron chi connectivity index (χ3n) is 2.39. The van der Waals surface area contributed by atoms with Crippen molar-refractivity contribution in [3.63, 3.8) is 0 Å². The van der Waals surface area contributed by atoms with Crippen LogP contribution in [0.1, 0.15) is 20.3 Å². The lowest BCUT2D eigenvalue weighted by atomic mass is 10.0. The molecule has 0 aromatic heterocycles. The molecule has 0 saturated heterocycles. The molecule has 0 N–H and O–H groups in total. The fourth-order valence-corrected chi connectivity index (χ4v) is 1.15. The molecule has 0 heterocycles. The Bertz CT molecular complexity index is 160. The summed E-state index contributed by atoms with van der Waals surface area (Å²) >= 11 is 0. The van der Waals surface area contributed by atoms with Crippen LogP contribution < -0.4 is 0 Å². The highest BCUT2D eigenvalue weighted by Gasteiger charge is 2.51. The van der Waals surface area contributed by atoms with Crippen LogP contribution in [0.5, 0.6) is 0 Å². The van der Waals surface area contributed by atoms with Gasteiger partial charge in [0.05, 0.1) is 0 Å². The predicted molar refractivity (Wildman–Crippen MR) is 37.1 cm³/mol. The minimum absolute atomic E-state index is 0.0399. The molecule has 0 radical (unpaired) electrons. The SMILES string of the molecule is C=C[C@@H]1C[C@@]1(C)C(C)=O. The van der Waals surface area contributed by atoms with Crippen molar-refractivity contribution < 1.29 is 4.79 Å². The standard InChI is InChI=1S/C8H12O/c1-4-7-5-8(7,3)6(2)9/h4,7H,1,5H2,2-3H3/t7-,8+/m1/s1. The summed E-state index contributed by atoms with van der Waals surface area (Å²) in [5.41, 5.74) is -0.0399. The Hall–Kier alpha value is -0.590. The predicted octanol–water partition coefficient (Wildman–Crippen LogP) is 1.79. The summed E-state index contributed by atoms with van der Waals surface area (Å²) in [4.78, 5) is 10.8. The van der Waals surface area contributed by atoms with Crippen LogP contribution in [-0.4, -0.2) is 5.78 Å². The van der Waals surface area contributed by atoms with Crippen LogP contribution in [0.3, 0.4) is 0 Å². The summed E-state index contributed by atoms with van der Waals surface area (Å²) in [7, 11) is 0. The molecule has 1 aliphatic rings. The Kier molecular flexibility index (Phi) is 1.23. The zero-order valence-electron chi connectivity index (χ0n) is 5.98. The van der Waals surface area contributed by atoms with Crippen molar-refractivity contribution in [2.45, 2.75) is 20.3 Å². The molecule has 1 aliphatic carbocycles. The van der Waals surface area contributed by atoms with Crippen molar-refractivity contribution in [3.8, 4) is 0 Å². The number of hydrogen-bond donors (Lipinski definition) is 0. The van der Waals surface area contributed by atoms with Crippen molar-refractivity contribution in [2.75, 3.05) is 0 Å². The first-order chi connectivity index (χ1) is 4.11. The van der Waals surface area contributed by atoms with Gasteiger partial charge in [-0.05, 0) is 19.3 Å². The Balaban J connectivity index is 2.62. The van der Waals surface area contributed by atoms with Gasteiger partial charge in [-0.2, -0.15) is 0 Å². The molecule has 50 valence electrons. The molecule has 1 saturated carbocycles. The topological polar surface area (TPSA) is 17.1 Å². The van der Waals surface area contributed by atoms with Gasteiger partial charge in [0.2, 0.25) is 0 Å². The van der Waals surface area contributed by atoms with Gasteiger partial charge in [0, 0.05) is 5.41 Å². The maximum Gasteiger partial charge on any atom is 0.136 e. The summed E-state index contributed by atoms with van der Waals surface area (Å²) in [6.45, 7) is 7.31. The molecule has 2 atom stereocenters. The first-order valence-corrected chi connectivity index (χ1v) is 3.25. The van der Waals surface area contributed by atoms with Gasteiger partial charge in [-0.3, -0.25) is 4.79 Å². The Morgan fingerprint density at radius 2 is 2.44 bits per heavy atom. The van der Waals surface area contributed by atoms with Crippen molar-refractivity contribution in [3.05, 3.63) is 12.7 Å². The van der Waals surface area contributed by atoms with Crippen LogP contribution in [0.4, 0.5) is 0 Å². The van der Waals surface area contributed by atoms with E-state index in [1.165, 1.54) is 0 Å². The molecule has 1 heteroatoms. The van der Waals surface area contributed by atoms with Crippen molar-refractivity contribution in [1.82, 2.24) is 0 Å². The van der Waals surface area contributed by atoms with Crippen LogP contribution in [0, 0.1) is 11.3 Å². The molecule has 0 aliphatic heterocycles. The third-order valence-corrected chi connectivity index (χ3v) is 2.39. The third kappa shape index (κ3) is 0.805. The lowest BCUT2D eigenvalue weighted by Crippen LogP contribution is -2.08. The quantitative estimate of drug-likeness (QED) is 0.513. The van der Waals surface area contributed by atoms with Crippen LogP contribution in [0.25, 0.3) is 0 Å². The molecule has 0 aromatic carbocycles. The van der Waals surface area contributed by atoms with E-state index in [2.05, 4.69) is 6.58 Å². The van der Waals surface area contributed by atoms with Gasteiger partial charge in [-0.25, -0.2) is 0 Å². The minimum Gasteiger partial charge on any atom is -0.299 e. The number of Topliss-reactive ketones (excluding diaryl/α,β-unsaturated/α-hetero) is 1. The lowest BCUT2D eigenvalue weighted by Gasteiger charge is -2.00. The molecule has 0 spiro atoms. The van der Waals surface area contributed by atoms with Crippen LogP contribution >= 0.6 is 0 Å². The van der Waals surface area contributed by atoms with E-state index in [0.29, 0.717) is 11.7 Å². The number of hydrogen-bond acceptors (Lipinski definition) is 1. The fourth-order valence-electron chi connectivity index (χ4n) is 1.15. The molecule has 1 rings (SSSR count). The van der Waals surface area contributed by atoms with Gasteiger partial charge >= 0.3 is 0 Å². The highest BCUT2D eigenvalue weighted by Crippen LogP contribution is 2.53. The van der Waals surface area contributed by atoms with Crippen LogP contribution in [0.2, 0.25) is 0 Å². The van der Waals surface area contributed by atoms with Crippen molar-refractivity contribution in [1.29, 1.82) is 0 Å². The number of ketones is 1. The fraction of sp³-hybridized carbons (Fsp3) is 0.625. The number of carbonyl (C=O) groups excluding carboxylic acids is 1. The van der Waals surface area contributed by atoms with Gasteiger partial charge in [0.1, 0.15) is 5.78 Å². The molecule has 0 bridgehead atoms. The van der Waals surface area contributed by atoms with E-state index in [1.54, 1.807) is 6.92 Å². The summed E-state index contributed by atoms with van der Waals surface area (Å²) in [5, 5.41) is 0. The first kappa shape index (κ1) is 6.53. The molecular weight excluding hydrogens is 112 g/mol. The summed E-state index contributed by atoms with van der Waals surface area (Å²) in [6, 6.07) is 0. The van der Waals surface area contributed by atoms with Crippen LogP contribution in [0.15, 0.2) is 12.7 Å². The van der Waals surface area contributed by atoms with Gasteiger partial charge in [0.15, 0.2) is 0 Å². The molecular formula is C8H12O. The lowest BCUT2D eigenvalue weighted by molar-refractivity contribution is -0.121. The van der Waals surface area contributed by atoms with Gasteiger partial charge in [-0.15, -0.1) is 6.58 Å². The Morgan fingerprint density at radius 1 is 1.89 bits per heavy atom. The van der Waals surface area contributed by atoms with Gasteiger partial charge < -0.3 is 0 Å². The molecule has 0 unspecified atom stereocenters. The second-order valence-corrected chi connectivity index (χ2v) is 3.02. The number of rotatable bonds is 2. The van der Waals surface area contributed by atoms with Crippen molar-refractivity contribution in [2.24, 2.45) is 11.3 Å². The van der Waals surface area contributed by atoms with Gasteiger partial charge in [-0.1, -0.05) is 13.0 Å². The second-order valence-electron chi connectivity index (χ2n) is 3.02. The normalized spacial score (nSPS) is 40.0. The summed E-state index contributed by atoms with van der Waals surface area (Å²) in [5.74, 6) is 0.752. The molecule has 1 fully saturated rings.